The van der Waals surface area contributed by atoms with Crippen molar-refractivity contribution in [2.75, 3.05) is 7.05 Å². The lowest BCUT2D eigenvalue weighted by Crippen LogP contribution is -2.42. The molecule has 1 aliphatic carbocycles. The summed E-state index contributed by atoms with van der Waals surface area (Å²) in [6.07, 6.45) is -1.96. The first-order chi connectivity index (χ1) is 11.9. The zero-order valence-electron chi connectivity index (χ0n) is 13.3. The van der Waals surface area contributed by atoms with Crippen LogP contribution in [0.1, 0.15) is 34.4 Å². The number of carbonyl (C=O) groups excluding carboxylic acids is 1. The molecule has 0 saturated heterocycles. The van der Waals surface area contributed by atoms with E-state index in [1.807, 2.05) is 0 Å². The molecule has 1 spiro atoms. The van der Waals surface area contributed by atoms with Crippen LogP contribution in [0.15, 0.2) is 41.5 Å². The number of amidine groups is 1. The van der Waals surface area contributed by atoms with Gasteiger partial charge in [0.1, 0.15) is 11.3 Å². The summed E-state index contributed by atoms with van der Waals surface area (Å²) >= 11 is 0. The number of amides is 1. The van der Waals surface area contributed by atoms with Gasteiger partial charge in [-0.2, -0.15) is 18.2 Å². The monoisotopic (exact) mass is 345 g/mol. The standard InChI is InChI=1S/C18H14F3N3O/c1-22-15-11-5-4-10(18(19,20)21)9-13(11)17(16(25)24-15)7-6-14-12(17)3-2-8-23-14/h2-5,8-9H,6-7H2,1H3,(H,22,24,25)/t17-/m0/s1. The van der Waals surface area contributed by atoms with Crippen LogP contribution in [0.4, 0.5) is 13.2 Å². The van der Waals surface area contributed by atoms with Crippen molar-refractivity contribution in [3.63, 3.8) is 0 Å². The molecule has 25 heavy (non-hydrogen) atoms. The van der Waals surface area contributed by atoms with Crippen molar-refractivity contribution in [1.82, 2.24) is 10.3 Å². The molecular weight excluding hydrogens is 331 g/mol. The molecule has 1 aromatic heterocycles. The fourth-order valence-electron chi connectivity index (χ4n) is 3.81. The number of hydrogen-bond acceptors (Lipinski definition) is 3. The minimum absolute atomic E-state index is 0.289. The Morgan fingerprint density at radius 3 is 2.72 bits per heavy atom. The molecule has 1 N–H and O–H groups in total. The second-order valence-electron chi connectivity index (χ2n) is 6.18. The van der Waals surface area contributed by atoms with Crippen LogP contribution in [0.2, 0.25) is 0 Å². The quantitative estimate of drug-likeness (QED) is 0.799. The lowest BCUT2D eigenvalue weighted by Gasteiger charge is -2.33. The van der Waals surface area contributed by atoms with Crippen molar-refractivity contribution in [2.45, 2.75) is 24.4 Å². The van der Waals surface area contributed by atoms with Gasteiger partial charge >= 0.3 is 6.18 Å². The molecule has 2 aliphatic rings. The number of nitrogens with zero attached hydrogens (tertiary/aromatic N) is 2. The summed E-state index contributed by atoms with van der Waals surface area (Å²) in [7, 11) is 1.59. The molecule has 1 aromatic carbocycles. The van der Waals surface area contributed by atoms with Gasteiger partial charge in [-0.15, -0.1) is 0 Å². The number of pyridine rings is 1. The summed E-state index contributed by atoms with van der Waals surface area (Å²) in [5.74, 6) is -0.160. The highest BCUT2D eigenvalue weighted by atomic mass is 19.4. The molecule has 0 saturated carbocycles. The topological polar surface area (TPSA) is 54.4 Å². The summed E-state index contributed by atoms with van der Waals surface area (Å²) < 4.78 is 39.8. The first-order valence-electron chi connectivity index (χ1n) is 7.85. The third kappa shape index (κ3) is 2.11. The maximum absolute atomic E-state index is 13.3. The van der Waals surface area contributed by atoms with Gasteiger partial charge in [-0.25, -0.2) is 0 Å². The Bertz CT molecular complexity index is 920. The van der Waals surface area contributed by atoms with E-state index >= 15 is 0 Å². The predicted molar refractivity (Wildman–Crippen MR) is 85.4 cm³/mol. The van der Waals surface area contributed by atoms with Crippen LogP contribution in [-0.2, 0) is 22.8 Å². The minimum atomic E-state index is -4.48. The zero-order chi connectivity index (χ0) is 17.8. The smallest absolute Gasteiger partial charge is 0.373 e. The Hall–Kier alpha value is -2.70. The zero-order valence-corrected chi connectivity index (χ0v) is 13.3. The Morgan fingerprint density at radius 2 is 2.00 bits per heavy atom. The number of hydrogen-bond donors (Lipinski definition) is 1. The summed E-state index contributed by atoms with van der Waals surface area (Å²) in [5, 5.41) is 2.81. The summed E-state index contributed by atoms with van der Waals surface area (Å²) in [6.45, 7) is 0. The largest absolute Gasteiger partial charge is 0.416 e. The summed E-state index contributed by atoms with van der Waals surface area (Å²) in [6, 6.07) is 6.95. The van der Waals surface area contributed by atoms with Crippen molar-refractivity contribution in [2.24, 2.45) is 4.99 Å². The van der Waals surface area contributed by atoms with Crippen molar-refractivity contribution < 1.29 is 18.0 Å². The molecule has 0 unspecified atom stereocenters. The number of aromatic nitrogens is 1. The number of alkyl halides is 3. The lowest BCUT2D eigenvalue weighted by molar-refractivity contribution is -0.137. The molecule has 2 aromatic rings. The average Bonchev–Trinajstić information content (AvgIpc) is 2.98. The maximum atomic E-state index is 13.3. The molecule has 0 bridgehead atoms. The Labute approximate surface area is 141 Å². The van der Waals surface area contributed by atoms with Gasteiger partial charge in [0.15, 0.2) is 0 Å². The van der Waals surface area contributed by atoms with Gasteiger partial charge in [-0.3, -0.25) is 9.78 Å². The van der Waals surface area contributed by atoms with E-state index in [9.17, 15) is 18.0 Å². The number of fused-ring (bicyclic) bond motifs is 4. The molecule has 0 fully saturated rings. The Balaban J connectivity index is 2.04. The highest BCUT2D eigenvalue weighted by Gasteiger charge is 2.51. The van der Waals surface area contributed by atoms with Gasteiger partial charge in [0.25, 0.3) is 5.91 Å². The molecule has 2 heterocycles. The van der Waals surface area contributed by atoms with Crippen LogP contribution >= 0.6 is 0 Å². The average molecular weight is 345 g/mol. The molecule has 1 aliphatic heterocycles. The first-order valence-corrected chi connectivity index (χ1v) is 7.85. The third-order valence-electron chi connectivity index (χ3n) is 4.96. The molecular formula is C18H14F3N3O. The van der Waals surface area contributed by atoms with E-state index in [-0.39, 0.29) is 5.84 Å². The van der Waals surface area contributed by atoms with Gasteiger partial charge in [-0.05, 0) is 42.2 Å². The number of halogens is 3. The van der Waals surface area contributed by atoms with Crippen molar-refractivity contribution in [3.05, 3.63) is 64.5 Å². The number of aliphatic imine (C=N–C) groups is 1. The SMILES string of the molecule is CNC1=NC(=O)[C@]2(CCc3ncccc32)c2cc(C(F)(F)F)ccc21. The fourth-order valence-corrected chi connectivity index (χ4v) is 3.81. The third-order valence-corrected chi connectivity index (χ3v) is 4.96. The lowest BCUT2D eigenvalue weighted by atomic mass is 9.71. The second kappa shape index (κ2) is 5.15. The van der Waals surface area contributed by atoms with E-state index in [1.165, 1.54) is 6.07 Å². The molecule has 1 amide bonds. The van der Waals surface area contributed by atoms with Crippen LogP contribution in [-0.4, -0.2) is 23.8 Å². The van der Waals surface area contributed by atoms with Crippen molar-refractivity contribution in [3.8, 4) is 0 Å². The summed E-state index contributed by atoms with van der Waals surface area (Å²) in [4.78, 5) is 21.4. The Morgan fingerprint density at radius 1 is 1.20 bits per heavy atom. The van der Waals surface area contributed by atoms with Crippen LogP contribution < -0.4 is 5.32 Å². The van der Waals surface area contributed by atoms with Gasteiger partial charge < -0.3 is 5.32 Å². The van der Waals surface area contributed by atoms with E-state index in [1.54, 1.807) is 25.4 Å². The fraction of sp³-hybridized carbons (Fsp3) is 0.278. The van der Waals surface area contributed by atoms with Crippen LogP contribution in [0.25, 0.3) is 0 Å². The van der Waals surface area contributed by atoms with Crippen LogP contribution in [0, 0.1) is 0 Å². The van der Waals surface area contributed by atoms with E-state index in [2.05, 4.69) is 15.3 Å². The van der Waals surface area contributed by atoms with E-state index in [0.29, 0.717) is 29.5 Å². The number of carbonyl (C=O) groups is 1. The van der Waals surface area contributed by atoms with Gasteiger partial charge in [0.05, 0.1) is 5.56 Å². The number of benzene rings is 1. The normalized spacial score (nSPS) is 21.8. The highest BCUT2D eigenvalue weighted by molar-refractivity contribution is 6.14. The minimum Gasteiger partial charge on any atom is -0.373 e. The van der Waals surface area contributed by atoms with E-state index in [0.717, 1.165) is 17.8 Å². The van der Waals surface area contributed by atoms with Gasteiger partial charge in [0, 0.05) is 24.5 Å². The first kappa shape index (κ1) is 15.8. The summed E-state index contributed by atoms with van der Waals surface area (Å²) in [5.41, 5.74) is 0.292. The molecule has 128 valence electrons. The molecule has 4 nitrogen and oxygen atoms in total. The highest BCUT2D eigenvalue weighted by Crippen LogP contribution is 2.48. The molecule has 0 radical (unpaired) electrons. The second-order valence-corrected chi connectivity index (χ2v) is 6.18. The van der Waals surface area contributed by atoms with Crippen LogP contribution in [0.5, 0.6) is 0 Å². The maximum Gasteiger partial charge on any atom is 0.416 e. The molecule has 4 rings (SSSR count). The molecule has 1 atom stereocenters. The van der Waals surface area contributed by atoms with Crippen LogP contribution in [0.3, 0.4) is 0 Å². The molecule has 7 heteroatoms. The van der Waals surface area contributed by atoms with Crippen molar-refractivity contribution >= 4 is 11.7 Å². The Kier molecular flexibility index (Phi) is 3.25. The van der Waals surface area contributed by atoms with E-state index in [4.69, 9.17) is 0 Å². The van der Waals surface area contributed by atoms with Gasteiger partial charge in [0.2, 0.25) is 0 Å². The number of rotatable bonds is 0. The van der Waals surface area contributed by atoms with Gasteiger partial charge in [-0.1, -0.05) is 12.1 Å². The number of aryl methyl sites for hydroxylation is 1. The predicted octanol–water partition coefficient (Wildman–Crippen LogP) is 2.84. The van der Waals surface area contributed by atoms with E-state index < -0.39 is 23.1 Å². The number of nitrogens with one attached hydrogen (secondary N) is 1. The van der Waals surface area contributed by atoms with Crippen molar-refractivity contribution in [1.29, 1.82) is 0 Å².